The van der Waals surface area contributed by atoms with Crippen molar-refractivity contribution in [1.29, 1.82) is 0 Å². The van der Waals surface area contributed by atoms with Crippen molar-refractivity contribution in [3.05, 3.63) is 33.8 Å². The third-order valence-corrected chi connectivity index (χ3v) is 3.39. The second-order valence-electron chi connectivity index (χ2n) is 3.82. The number of rotatable bonds is 4. The minimum absolute atomic E-state index is 0.0383. The van der Waals surface area contributed by atoms with Crippen molar-refractivity contribution < 1.29 is 5.11 Å². The van der Waals surface area contributed by atoms with Crippen molar-refractivity contribution in [3.63, 3.8) is 0 Å². The number of halogens is 2. The number of aliphatic hydroxyl groups is 1. The zero-order valence-electron chi connectivity index (χ0n) is 8.21. The fourth-order valence-corrected chi connectivity index (χ4v) is 2.00. The molecule has 0 heterocycles. The number of aliphatic hydroxyl groups excluding tert-OH is 1. The van der Waals surface area contributed by atoms with E-state index in [0.717, 1.165) is 5.56 Å². The van der Waals surface area contributed by atoms with Crippen LogP contribution in [0, 0.1) is 0 Å². The third-order valence-electron chi connectivity index (χ3n) is 2.55. The summed E-state index contributed by atoms with van der Waals surface area (Å²) in [7, 11) is 0. The van der Waals surface area contributed by atoms with Crippen LogP contribution in [-0.2, 0) is 0 Å². The quantitative estimate of drug-likeness (QED) is 0.856. The molecule has 0 bridgehead atoms. The molecule has 1 aromatic carbocycles. The van der Waals surface area contributed by atoms with Gasteiger partial charge in [-0.05, 0) is 24.5 Å². The Kier molecular flexibility index (Phi) is 3.52. The molecule has 1 aliphatic carbocycles. The minimum atomic E-state index is -0.108. The molecular weight excluding hydrogens is 233 g/mol. The van der Waals surface area contributed by atoms with Gasteiger partial charge in [-0.15, -0.1) is 0 Å². The molecule has 1 atom stereocenters. The van der Waals surface area contributed by atoms with E-state index >= 15 is 0 Å². The topological polar surface area (TPSA) is 32.3 Å². The first-order valence-corrected chi connectivity index (χ1v) is 5.78. The lowest BCUT2D eigenvalue weighted by atomic mass is 10.1. The highest BCUT2D eigenvalue weighted by atomic mass is 35.5. The molecule has 82 valence electrons. The first-order valence-electron chi connectivity index (χ1n) is 5.03. The Bertz CT molecular complexity index is 352. The van der Waals surface area contributed by atoms with Gasteiger partial charge in [0, 0.05) is 6.04 Å². The highest BCUT2D eigenvalue weighted by molar-refractivity contribution is 6.42. The first kappa shape index (κ1) is 11.2. The molecule has 1 saturated carbocycles. The lowest BCUT2D eigenvalue weighted by Gasteiger charge is -2.18. The van der Waals surface area contributed by atoms with E-state index in [0.29, 0.717) is 16.1 Å². The molecule has 1 aromatic rings. The highest BCUT2D eigenvalue weighted by Gasteiger charge is 2.26. The summed E-state index contributed by atoms with van der Waals surface area (Å²) in [5, 5.41) is 13.7. The Morgan fingerprint density at radius 3 is 2.73 bits per heavy atom. The zero-order valence-corrected chi connectivity index (χ0v) is 9.72. The van der Waals surface area contributed by atoms with Crippen molar-refractivity contribution >= 4 is 23.2 Å². The smallest absolute Gasteiger partial charge is 0.0640 e. The molecule has 2 nitrogen and oxygen atoms in total. The number of hydrogen-bond donors (Lipinski definition) is 2. The Labute approximate surface area is 99.2 Å². The number of hydrogen-bond acceptors (Lipinski definition) is 2. The molecule has 1 aliphatic rings. The van der Waals surface area contributed by atoms with E-state index in [-0.39, 0.29) is 12.6 Å². The Balaban J connectivity index is 2.20. The summed E-state index contributed by atoms with van der Waals surface area (Å²) in [5.41, 5.74) is 0.874. The predicted octanol–water partition coefficient (Wildman–Crippen LogP) is 2.78. The fourth-order valence-electron chi connectivity index (χ4n) is 1.56. The number of benzene rings is 1. The van der Waals surface area contributed by atoms with E-state index in [1.165, 1.54) is 12.8 Å². The maximum Gasteiger partial charge on any atom is 0.0640 e. The van der Waals surface area contributed by atoms with Gasteiger partial charge >= 0.3 is 0 Å². The van der Waals surface area contributed by atoms with Gasteiger partial charge in [-0.25, -0.2) is 0 Å². The molecule has 0 amide bonds. The van der Waals surface area contributed by atoms with Gasteiger partial charge in [0.25, 0.3) is 0 Å². The molecule has 0 saturated heterocycles. The van der Waals surface area contributed by atoms with Gasteiger partial charge in [0.1, 0.15) is 0 Å². The summed E-state index contributed by atoms with van der Waals surface area (Å²) in [5.74, 6) is 0. The van der Waals surface area contributed by atoms with Crippen LogP contribution in [0.4, 0.5) is 0 Å². The lowest BCUT2D eigenvalue weighted by Crippen LogP contribution is -2.26. The van der Waals surface area contributed by atoms with E-state index < -0.39 is 0 Å². The van der Waals surface area contributed by atoms with E-state index in [4.69, 9.17) is 23.2 Å². The summed E-state index contributed by atoms with van der Waals surface area (Å²) in [4.78, 5) is 0. The summed E-state index contributed by atoms with van der Waals surface area (Å²) < 4.78 is 0. The third kappa shape index (κ3) is 2.64. The average molecular weight is 246 g/mol. The first-order chi connectivity index (χ1) is 7.22. The van der Waals surface area contributed by atoms with Crippen LogP contribution in [0.1, 0.15) is 24.4 Å². The second kappa shape index (κ2) is 4.71. The van der Waals surface area contributed by atoms with Crippen LogP contribution < -0.4 is 5.32 Å². The highest BCUT2D eigenvalue weighted by Crippen LogP contribution is 2.31. The van der Waals surface area contributed by atoms with Crippen molar-refractivity contribution in [2.75, 3.05) is 6.61 Å². The predicted molar refractivity (Wildman–Crippen MR) is 62.4 cm³/mol. The molecular formula is C11H13Cl2NO. The zero-order chi connectivity index (χ0) is 10.8. The van der Waals surface area contributed by atoms with Gasteiger partial charge in [0.05, 0.1) is 22.7 Å². The van der Waals surface area contributed by atoms with Gasteiger partial charge in [-0.3, -0.25) is 0 Å². The van der Waals surface area contributed by atoms with Crippen LogP contribution in [0.3, 0.4) is 0 Å². The van der Waals surface area contributed by atoms with Crippen molar-refractivity contribution in [3.8, 4) is 0 Å². The van der Waals surface area contributed by atoms with Crippen LogP contribution in [0.25, 0.3) is 0 Å². The van der Waals surface area contributed by atoms with Gasteiger partial charge in [0.15, 0.2) is 0 Å². The van der Waals surface area contributed by atoms with Gasteiger partial charge in [-0.2, -0.15) is 0 Å². The van der Waals surface area contributed by atoms with E-state index in [2.05, 4.69) is 5.32 Å². The molecule has 1 fully saturated rings. The Morgan fingerprint density at radius 1 is 1.40 bits per heavy atom. The van der Waals surface area contributed by atoms with E-state index in [1.54, 1.807) is 6.07 Å². The molecule has 0 spiro atoms. The van der Waals surface area contributed by atoms with Gasteiger partial charge < -0.3 is 10.4 Å². The summed E-state index contributed by atoms with van der Waals surface area (Å²) in [6.45, 7) is 0.0383. The summed E-state index contributed by atoms with van der Waals surface area (Å²) in [6.07, 6.45) is 2.35. The minimum Gasteiger partial charge on any atom is -0.394 e. The van der Waals surface area contributed by atoms with Crippen LogP contribution >= 0.6 is 23.2 Å². The normalized spacial score (nSPS) is 17.8. The second-order valence-corrected chi connectivity index (χ2v) is 4.60. The van der Waals surface area contributed by atoms with Crippen molar-refractivity contribution in [1.82, 2.24) is 5.32 Å². The standard InChI is InChI=1S/C11H13Cl2NO/c12-9-3-1-2-8(11(9)13)10(6-15)14-7-4-5-7/h1-3,7,10,14-15H,4-6H2. The summed E-state index contributed by atoms with van der Waals surface area (Å²) in [6, 6.07) is 5.91. The maximum absolute atomic E-state index is 9.31. The van der Waals surface area contributed by atoms with Gasteiger partial charge in [0.2, 0.25) is 0 Å². The van der Waals surface area contributed by atoms with Crippen LogP contribution in [0.2, 0.25) is 10.0 Å². The largest absolute Gasteiger partial charge is 0.394 e. The van der Waals surface area contributed by atoms with Crippen molar-refractivity contribution in [2.45, 2.75) is 24.9 Å². The Hall–Kier alpha value is -0.280. The summed E-state index contributed by atoms with van der Waals surface area (Å²) >= 11 is 12.0. The van der Waals surface area contributed by atoms with Crippen LogP contribution in [0.15, 0.2) is 18.2 Å². The Morgan fingerprint density at radius 2 is 2.13 bits per heavy atom. The molecule has 2 N–H and O–H groups in total. The lowest BCUT2D eigenvalue weighted by molar-refractivity contribution is 0.243. The molecule has 0 aromatic heterocycles. The fraction of sp³-hybridized carbons (Fsp3) is 0.455. The number of nitrogens with one attached hydrogen (secondary N) is 1. The molecule has 0 radical (unpaired) electrons. The molecule has 0 aliphatic heterocycles. The average Bonchev–Trinajstić information content (AvgIpc) is 3.03. The molecule has 1 unspecified atom stereocenters. The SMILES string of the molecule is OCC(NC1CC1)c1cccc(Cl)c1Cl. The monoisotopic (exact) mass is 245 g/mol. The van der Waals surface area contributed by atoms with E-state index in [9.17, 15) is 5.11 Å². The van der Waals surface area contributed by atoms with Crippen LogP contribution in [0.5, 0.6) is 0 Å². The molecule has 2 rings (SSSR count). The molecule has 4 heteroatoms. The maximum atomic E-state index is 9.31. The molecule has 15 heavy (non-hydrogen) atoms. The van der Waals surface area contributed by atoms with Crippen LogP contribution in [-0.4, -0.2) is 17.8 Å². The van der Waals surface area contributed by atoms with Gasteiger partial charge in [-0.1, -0.05) is 35.3 Å². The van der Waals surface area contributed by atoms with Crippen molar-refractivity contribution in [2.24, 2.45) is 0 Å². The van der Waals surface area contributed by atoms with E-state index in [1.807, 2.05) is 12.1 Å².